The van der Waals surface area contributed by atoms with E-state index in [0.29, 0.717) is 25.1 Å². The third kappa shape index (κ3) is 4.66. The molecule has 1 heterocycles. The molecule has 1 aliphatic heterocycles. The second-order valence-corrected chi connectivity index (χ2v) is 7.66. The fourth-order valence-electron chi connectivity index (χ4n) is 4.23. The molecule has 1 aromatic carbocycles. The fourth-order valence-corrected chi connectivity index (χ4v) is 4.23. The highest BCUT2D eigenvalue weighted by Crippen LogP contribution is 2.33. The van der Waals surface area contributed by atoms with Crippen LogP contribution in [0.1, 0.15) is 49.3 Å². The Morgan fingerprint density at radius 1 is 1.29 bits per heavy atom. The van der Waals surface area contributed by atoms with Gasteiger partial charge >= 0.3 is 6.18 Å². The Balaban J connectivity index is 1.83. The van der Waals surface area contributed by atoms with Crippen molar-refractivity contribution in [1.29, 1.82) is 0 Å². The number of likely N-dealkylation sites (tertiary alicyclic amines) is 1. The number of halogens is 3. The Morgan fingerprint density at radius 2 is 2.07 bits per heavy atom. The SMILES string of the molecule is NC[C@H]1CCC[C@H]1C(=O)NC(CN1CCCC1=O)c1cccc(C(F)(F)F)c1. The van der Waals surface area contributed by atoms with E-state index < -0.39 is 17.8 Å². The highest BCUT2D eigenvalue weighted by Gasteiger charge is 2.35. The number of hydrogen-bond donors (Lipinski definition) is 2. The molecule has 0 spiro atoms. The van der Waals surface area contributed by atoms with Crippen LogP contribution >= 0.6 is 0 Å². The normalized spacial score (nSPS) is 23.9. The number of amides is 2. The Labute approximate surface area is 162 Å². The van der Waals surface area contributed by atoms with E-state index in [1.165, 1.54) is 6.07 Å². The molecule has 3 rings (SSSR count). The Kier molecular flexibility index (Phi) is 6.27. The van der Waals surface area contributed by atoms with Gasteiger partial charge in [0.1, 0.15) is 0 Å². The zero-order chi connectivity index (χ0) is 20.3. The third-order valence-corrected chi connectivity index (χ3v) is 5.81. The number of rotatable bonds is 6. The predicted molar refractivity (Wildman–Crippen MR) is 98.0 cm³/mol. The average molecular weight is 397 g/mol. The van der Waals surface area contributed by atoms with Gasteiger partial charge in [0, 0.05) is 25.4 Å². The Morgan fingerprint density at radius 3 is 2.71 bits per heavy atom. The number of nitrogens with one attached hydrogen (secondary N) is 1. The van der Waals surface area contributed by atoms with Crippen LogP contribution < -0.4 is 11.1 Å². The van der Waals surface area contributed by atoms with E-state index in [9.17, 15) is 22.8 Å². The van der Waals surface area contributed by atoms with E-state index in [1.54, 1.807) is 11.0 Å². The van der Waals surface area contributed by atoms with Gasteiger partial charge in [0.2, 0.25) is 11.8 Å². The first kappa shape index (κ1) is 20.6. The van der Waals surface area contributed by atoms with Gasteiger partial charge in [0.05, 0.1) is 11.6 Å². The molecule has 154 valence electrons. The second-order valence-electron chi connectivity index (χ2n) is 7.66. The molecule has 2 aliphatic rings. The number of hydrogen-bond acceptors (Lipinski definition) is 3. The van der Waals surface area contributed by atoms with E-state index in [0.717, 1.165) is 37.8 Å². The van der Waals surface area contributed by atoms with Gasteiger partial charge in [-0.1, -0.05) is 18.6 Å². The van der Waals surface area contributed by atoms with E-state index in [4.69, 9.17) is 5.73 Å². The van der Waals surface area contributed by atoms with Crippen LogP contribution in [0.5, 0.6) is 0 Å². The maximum Gasteiger partial charge on any atom is 0.416 e. The van der Waals surface area contributed by atoms with Crippen LogP contribution in [0.15, 0.2) is 24.3 Å². The molecule has 28 heavy (non-hydrogen) atoms. The zero-order valence-electron chi connectivity index (χ0n) is 15.7. The van der Waals surface area contributed by atoms with Crippen LogP contribution in [0.25, 0.3) is 0 Å². The van der Waals surface area contributed by atoms with E-state index in [2.05, 4.69) is 5.32 Å². The van der Waals surface area contributed by atoms with Gasteiger partial charge in [-0.3, -0.25) is 9.59 Å². The van der Waals surface area contributed by atoms with Crippen molar-refractivity contribution in [1.82, 2.24) is 10.2 Å². The smallest absolute Gasteiger partial charge is 0.347 e. The van der Waals surface area contributed by atoms with Crippen molar-refractivity contribution < 1.29 is 22.8 Å². The van der Waals surface area contributed by atoms with E-state index >= 15 is 0 Å². The summed E-state index contributed by atoms with van der Waals surface area (Å²) in [5.74, 6) is -0.364. The van der Waals surface area contributed by atoms with Crippen molar-refractivity contribution in [3.63, 3.8) is 0 Å². The number of carbonyl (C=O) groups is 2. The minimum atomic E-state index is -4.47. The van der Waals surface area contributed by atoms with Gasteiger partial charge < -0.3 is 16.0 Å². The molecule has 3 atom stereocenters. The number of alkyl halides is 3. The lowest BCUT2D eigenvalue weighted by atomic mass is 9.94. The zero-order valence-corrected chi connectivity index (χ0v) is 15.7. The summed E-state index contributed by atoms with van der Waals surface area (Å²) in [4.78, 5) is 26.5. The molecule has 1 unspecified atom stereocenters. The second kappa shape index (κ2) is 8.51. The average Bonchev–Trinajstić information content (AvgIpc) is 3.29. The third-order valence-electron chi connectivity index (χ3n) is 5.81. The Hall–Kier alpha value is -2.09. The van der Waals surface area contributed by atoms with Crippen LogP contribution in [-0.2, 0) is 15.8 Å². The van der Waals surface area contributed by atoms with Crippen molar-refractivity contribution >= 4 is 11.8 Å². The summed E-state index contributed by atoms with van der Waals surface area (Å²) in [5.41, 5.74) is 5.35. The molecular weight excluding hydrogens is 371 g/mol. The molecular formula is C20H26F3N3O2. The first-order chi connectivity index (χ1) is 13.3. The molecule has 1 saturated heterocycles. The van der Waals surface area contributed by atoms with Crippen molar-refractivity contribution in [2.24, 2.45) is 17.6 Å². The number of nitrogens with zero attached hydrogens (tertiary/aromatic N) is 1. The van der Waals surface area contributed by atoms with Crippen LogP contribution in [0, 0.1) is 11.8 Å². The summed E-state index contributed by atoms with van der Waals surface area (Å²) in [5, 5.41) is 2.91. The monoisotopic (exact) mass is 397 g/mol. The van der Waals surface area contributed by atoms with Crippen LogP contribution in [0.4, 0.5) is 13.2 Å². The molecule has 2 fully saturated rings. The van der Waals surface area contributed by atoms with Gasteiger partial charge in [0.25, 0.3) is 0 Å². The largest absolute Gasteiger partial charge is 0.416 e. The highest BCUT2D eigenvalue weighted by molar-refractivity contribution is 5.80. The molecule has 1 aliphatic carbocycles. The first-order valence-electron chi connectivity index (χ1n) is 9.75. The summed E-state index contributed by atoms with van der Waals surface area (Å²) >= 11 is 0. The van der Waals surface area contributed by atoms with Crippen LogP contribution in [0.3, 0.4) is 0 Å². The maximum absolute atomic E-state index is 13.1. The molecule has 5 nitrogen and oxygen atoms in total. The summed E-state index contributed by atoms with van der Waals surface area (Å²) in [6, 6.07) is 4.28. The van der Waals surface area contributed by atoms with Crippen molar-refractivity contribution in [2.75, 3.05) is 19.6 Å². The van der Waals surface area contributed by atoms with Gasteiger partial charge in [-0.15, -0.1) is 0 Å². The van der Waals surface area contributed by atoms with Crippen molar-refractivity contribution in [2.45, 2.75) is 44.3 Å². The van der Waals surface area contributed by atoms with Crippen LogP contribution in [-0.4, -0.2) is 36.3 Å². The minimum Gasteiger partial charge on any atom is -0.347 e. The maximum atomic E-state index is 13.1. The molecule has 0 aromatic heterocycles. The Bertz CT molecular complexity index is 723. The topological polar surface area (TPSA) is 75.4 Å². The van der Waals surface area contributed by atoms with Crippen molar-refractivity contribution in [3.05, 3.63) is 35.4 Å². The summed E-state index contributed by atoms with van der Waals surface area (Å²) in [6.07, 6.45) is -0.789. The first-order valence-corrected chi connectivity index (χ1v) is 9.75. The van der Waals surface area contributed by atoms with E-state index in [-0.39, 0.29) is 30.2 Å². The molecule has 1 aromatic rings. The van der Waals surface area contributed by atoms with Gasteiger partial charge in [-0.05, 0) is 49.4 Å². The predicted octanol–water partition coefficient (Wildman–Crippen LogP) is 2.86. The molecule has 8 heteroatoms. The minimum absolute atomic E-state index is 0.0353. The number of nitrogens with two attached hydrogens (primary N) is 1. The number of carbonyl (C=O) groups excluding carboxylic acids is 2. The summed E-state index contributed by atoms with van der Waals surface area (Å²) < 4.78 is 39.4. The fraction of sp³-hybridized carbons (Fsp3) is 0.600. The van der Waals surface area contributed by atoms with Crippen LogP contribution in [0.2, 0.25) is 0 Å². The highest BCUT2D eigenvalue weighted by atomic mass is 19.4. The lowest BCUT2D eigenvalue weighted by molar-refractivity contribution is -0.137. The summed E-state index contributed by atoms with van der Waals surface area (Å²) in [6.45, 7) is 1.14. The van der Waals surface area contributed by atoms with Gasteiger partial charge in [-0.25, -0.2) is 0 Å². The van der Waals surface area contributed by atoms with Gasteiger partial charge in [-0.2, -0.15) is 13.2 Å². The molecule has 0 radical (unpaired) electrons. The molecule has 1 saturated carbocycles. The molecule has 3 N–H and O–H groups in total. The number of benzene rings is 1. The van der Waals surface area contributed by atoms with E-state index in [1.807, 2.05) is 0 Å². The molecule has 0 bridgehead atoms. The quantitative estimate of drug-likeness (QED) is 0.775. The standard InChI is InChI=1S/C20H26F3N3O2/c21-20(22,23)15-6-1-4-13(10-15)17(12-26-9-3-8-18(26)27)25-19(28)16-7-2-5-14(16)11-24/h1,4,6,10,14,16-17H,2-3,5,7-9,11-12,24H2,(H,25,28)/t14-,16-,17?/m1/s1. The lowest BCUT2D eigenvalue weighted by Crippen LogP contribution is -2.42. The molecule has 2 amide bonds. The van der Waals surface area contributed by atoms with Crippen molar-refractivity contribution in [3.8, 4) is 0 Å². The van der Waals surface area contributed by atoms with Gasteiger partial charge in [0.15, 0.2) is 0 Å². The lowest BCUT2D eigenvalue weighted by Gasteiger charge is -2.28. The summed E-state index contributed by atoms with van der Waals surface area (Å²) in [7, 11) is 0.